The number of aryl methyl sites for hydroxylation is 1. The van der Waals surface area contributed by atoms with Crippen LogP contribution >= 0.6 is 0 Å². The first-order valence-electron chi connectivity index (χ1n) is 9.77. The summed E-state index contributed by atoms with van der Waals surface area (Å²) in [7, 11) is -4.76. The van der Waals surface area contributed by atoms with E-state index in [-0.39, 0.29) is 56.4 Å². The standard InChI is InChI=1S/C21H26N2O9S/c1-15-2-4-19(25)16(8-15)11-23(13-32-14-24)7-6-22(12-21(27)28)10-17-9-18(33(29,30)31)3-5-20(17)26/h2-5,8-9,14,25-26H,6-7,10-13H2,1H3,(H,27,28)(H,29,30,31)/p-1. The van der Waals surface area contributed by atoms with Gasteiger partial charge in [0.15, 0.2) is 0 Å². The summed E-state index contributed by atoms with van der Waals surface area (Å²) >= 11 is 0. The van der Waals surface area contributed by atoms with E-state index in [1.54, 1.807) is 23.1 Å². The van der Waals surface area contributed by atoms with E-state index in [4.69, 9.17) is 4.74 Å². The largest absolute Gasteiger partial charge is 0.744 e. The van der Waals surface area contributed by atoms with Crippen molar-refractivity contribution in [2.24, 2.45) is 0 Å². The van der Waals surface area contributed by atoms with Gasteiger partial charge >= 0.3 is 5.97 Å². The second-order valence-corrected chi connectivity index (χ2v) is 8.81. The van der Waals surface area contributed by atoms with Crippen LogP contribution in [-0.4, -0.2) is 76.9 Å². The predicted molar refractivity (Wildman–Crippen MR) is 114 cm³/mol. The fourth-order valence-corrected chi connectivity index (χ4v) is 3.70. The maximum absolute atomic E-state index is 11.3. The summed E-state index contributed by atoms with van der Waals surface area (Å²) in [4.78, 5) is 24.5. The number of benzene rings is 2. The van der Waals surface area contributed by atoms with Gasteiger partial charge in [-0.15, -0.1) is 0 Å². The first-order valence-corrected chi connectivity index (χ1v) is 11.2. The average molecular weight is 482 g/mol. The van der Waals surface area contributed by atoms with Crippen LogP contribution in [-0.2, 0) is 37.5 Å². The number of carboxylic acid groups (broad SMARTS) is 1. The Morgan fingerprint density at radius 1 is 1.03 bits per heavy atom. The SMILES string of the molecule is Cc1ccc(O)c(CN(CCN(CC(=O)O)Cc2cc(S(=O)(=O)[O-])ccc2O)COC=O)c1. The van der Waals surface area contributed by atoms with Crippen LogP contribution in [0.15, 0.2) is 41.3 Å². The van der Waals surface area contributed by atoms with Crippen LogP contribution in [0.1, 0.15) is 16.7 Å². The summed E-state index contributed by atoms with van der Waals surface area (Å²) in [6.07, 6.45) is 0. The van der Waals surface area contributed by atoms with E-state index in [9.17, 15) is 37.9 Å². The number of nitrogens with zero attached hydrogens (tertiary/aromatic N) is 2. The van der Waals surface area contributed by atoms with Gasteiger partial charge in [0.05, 0.1) is 11.4 Å². The summed E-state index contributed by atoms with van der Waals surface area (Å²) < 4.78 is 38.7. The normalized spacial score (nSPS) is 11.6. The van der Waals surface area contributed by atoms with Gasteiger partial charge in [0.1, 0.15) is 28.3 Å². The molecule has 12 heteroatoms. The number of ether oxygens (including phenoxy) is 1. The Labute approximate surface area is 191 Å². The highest BCUT2D eigenvalue weighted by Gasteiger charge is 2.17. The van der Waals surface area contributed by atoms with Crippen molar-refractivity contribution in [2.75, 3.05) is 26.4 Å². The van der Waals surface area contributed by atoms with Crippen molar-refractivity contribution in [3.8, 4) is 11.5 Å². The predicted octanol–water partition coefficient (Wildman–Crippen LogP) is 0.830. The van der Waals surface area contributed by atoms with Crippen LogP contribution in [0.5, 0.6) is 11.5 Å². The van der Waals surface area contributed by atoms with Crippen molar-refractivity contribution >= 4 is 22.6 Å². The molecule has 0 heterocycles. The Hall–Kier alpha value is -3.19. The molecule has 0 saturated carbocycles. The zero-order valence-electron chi connectivity index (χ0n) is 17.9. The lowest BCUT2D eigenvalue weighted by molar-refractivity contribution is -0.138. The number of rotatable bonds is 13. The van der Waals surface area contributed by atoms with Crippen LogP contribution in [0.25, 0.3) is 0 Å². The van der Waals surface area contributed by atoms with Gasteiger partial charge < -0.3 is 24.6 Å². The monoisotopic (exact) mass is 481 g/mol. The van der Waals surface area contributed by atoms with E-state index in [1.807, 2.05) is 6.92 Å². The van der Waals surface area contributed by atoms with E-state index < -0.39 is 27.5 Å². The molecule has 0 unspecified atom stereocenters. The Kier molecular flexibility index (Phi) is 9.17. The summed E-state index contributed by atoms with van der Waals surface area (Å²) in [6, 6.07) is 8.08. The van der Waals surface area contributed by atoms with E-state index in [0.717, 1.165) is 23.8 Å². The average Bonchev–Trinajstić information content (AvgIpc) is 2.72. The third kappa shape index (κ3) is 8.35. The van der Waals surface area contributed by atoms with E-state index in [1.165, 1.54) is 4.90 Å². The first-order chi connectivity index (χ1) is 15.5. The topological polar surface area (TPSA) is 168 Å². The minimum Gasteiger partial charge on any atom is -0.744 e. The Bertz CT molecular complexity index is 1090. The number of phenols is 2. The number of aliphatic carboxylic acids is 1. The molecule has 2 rings (SSSR count). The quantitative estimate of drug-likeness (QED) is 0.210. The number of phenolic OH excluding ortho intramolecular Hbond substituents is 2. The minimum absolute atomic E-state index is 0.0552. The van der Waals surface area contributed by atoms with Gasteiger partial charge in [-0.1, -0.05) is 17.7 Å². The Morgan fingerprint density at radius 2 is 1.61 bits per heavy atom. The Balaban J connectivity index is 2.19. The van der Waals surface area contributed by atoms with Crippen molar-refractivity contribution < 1.29 is 42.6 Å². The van der Waals surface area contributed by atoms with Gasteiger partial charge in [-0.2, -0.15) is 0 Å². The maximum atomic E-state index is 11.3. The van der Waals surface area contributed by atoms with Crippen molar-refractivity contribution in [1.82, 2.24) is 9.80 Å². The molecule has 2 aromatic carbocycles. The lowest BCUT2D eigenvalue weighted by Crippen LogP contribution is -2.38. The number of carbonyl (C=O) groups excluding carboxylic acids is 1. The van der Waals surface area contributed by atoms with Gasteiger partial charge in [-0.25, -0.2) is 8.42 Å². The second-order valence-electron chi connectivity index (χ2n) is 7.43. The third-order valence-corrected chi connectivity index (χ3v) is 5.61. The highest BCUT2D eigenvalue weighted by atomic mass is 32.2. The number of aromatic hydroxyl groups is 2. The van der Waals surface area contributed by atoms with Gasteiger partial charge in [0.25, 0.3) is 6.47 Å². The van der Waals surface area contributed by atoms with Crippen molar-refractivity contribution in [3.63, 3.8) is 0 Å². The second kappa shape index (κ2) is 11.6. The first kappa shape index (κ1) is 26.1. The Morgan fingerprint density at radius 3 is 2.21 bits per heavy atom. The lowest BCUT2D eigenvalue weighted by atomic mass is 10.1. The minimum atomic E-state index is -4.76. The zero-order valence-corrected chi connectivity index (χ0v) is 18.7. The van der Waals surface area contributed by atoms with E-state index in [0.29, 0.717) is 5.56 Å². The number of hydrogen-bond donors (Lipinski definition) is 3. The highest BCUT2D eigenvalue weighted by molar-refractivity contribution is 7.85. The van der Waals surface area contributed by atoms with Gasteiger partial charge in [0, 0.05) is 37.3 Å². The summed E-state index contributed by atoms with van der Waals surface area (Å²) in [5, 5.41) is 29.4. The van der Waals surface area contributed by atoms with Crippen molar-refractivity contribution in [2.45, 2.75) is 24.9 Å². The van der Waals surface area contributed by atoms with Gasteiger partial charge in [-0.3, -0.25) is 19.4 Å². The van der Waals surface area contributed by atoms with Crippen LogP contribution in [0.4, 0.5) is 0 Å². The van der Waals surface area contributed by atoms with Crippen LogP contribution < -0.4 is 0 Å². The molecule has 0 radical (unpaired) electrons. The summed E-state index contributed by atoms with van der Waals surface area (Å²) in [6.45, 7) is 1.94. The lowest BCUT2D eigenvalue weighted by Gasteiger charge is -2.27. The molecule has 0 aliphatic heterocycles. The molecule has 0 aliphatic rings. The van der Waals surface area contributed by atoms with Crippen molar-refractivity contribution in [1.29, 1.82) is 0 Å². The fraction of sp³-hybridized carbons (Fsp3) is 0.333. The molecule has 0 fully saturated rings. The van der Waals surface area contributed by atoms with Gasteiger partial charge in [-0.05, 0) is 31.2 Å². The fourth-order valence-electron chi connectivity index (χ4n) is 3.18. The molecule has 0 spiro atoms. The van der Waals surface area contributed by atoms with E-state index >= 15 is 0 Å². The molecule has 0 atom stereocenters. The molecule has 0 aliphatic carbocycles. The van der Waals surface area contributed by atoms with Crippen molar-refractivity contribution in [3.05, 3.63) is 53.1 Å². The molecule has 0 saturated heterocycles. The van der Waals surface area contributed by atoms with E-state index in [2.05, 4.69) is 0 Å². The zero-order chi connectivity index (χ0) is 24.6. The smallest absolute Gasteiger partial charge is 0.317 e. The van der Waals surface area contributed by atoms with Crippen LogP contribution in [0.3, 0.4) is 0 Å². The molecule has 11 nitrogen and oxygen atoms in total. The van der Waals surface area contributed by atoms with Crippen LogP contribution in [0.2, 0.25) is 0 Å². The molecule has 0 aromatic heterocycles. The summed E-state index contributed by atoms with van der Waals surface area (Å²) in [5.41, 5.74) is 1.57. The molecule has 33 heavy (non-hydrogen) atoms. The molecule has 0 amide bonds. The van der Waals surface area contributed by atoms with Gasteiger partial charge in [0.2, 0.25) is 0 Å². The molecule has 2 aromatic rings. The maximum Gasteiger partial charge on any atom is 0.317 e. The number of hydrogen-bond acceptors (Lipinski definition) is 10. The number of carboxylic acids is 1. The molecule has 180 valence electrons. The molecule has 0 bridgehead atoms. The third-order valence-electron chi connectivity index (χ3n) is 4.78. The molecular formula is C21H25N2O9S-. The summed E-state index contributed by atoms with van der Waals surface area (Å²) in [5.74, 6) is -1.39. The highest BCUT2D eigenvalue weighted by Crippen LogP contribution is 2.23. The molecule has 3 N–H and O–H groups in total. The molecular weight excluding hydrogens is 456 g/mol. The number of carbonyl (C=O) groups is 2. The van der Waals surface area contributed by atoms with Crippen LogP contribution in [0, 0.1) is 6.92 Å².